The molecular weight excluding hydrogens is 410 g/mol. The van der Waals surface area contributed by atoms with Crippen molar-refractivity contribution in [3.8, 4) is 5.75 Å². The van der Waals surface area contributed by atoms with Crippen molar-refractivity contribution in [1.29, 1.82) is 0 Å². The summed E-state index contributed by atoms with van der Waals surface area (Å²) in [4.78, 5) is 25.5. The predicted octanol–water partition coefficient (Wildman–Crippen LogP) is 5.42. The van der Waals surface area contributed by atoms with Gasteiger partial charge in [0.1, 0.15) is 11.6 Å². The van der Waals surface area contributed by atoms with Crippen LogP contribution in [0.1, 0.15) is 87.1 Å². The molecule has 2 aliphatic rings. The lowest BCUT2D eigenvalue weighted by molar-refractivity contribution is -0.113. The third kappa shape index (κ3) is 5.20. The van der Waals surface area contributed by atoms with Crippen LogP contribution < -0.4 is 15.6 Å². The molecular formula is C24H33N3O3S. The summed E-state index contributed by atoms with van der Waals surface area (Å²) in [5.41, 5.74) is 1.59. The second-order valence-corrected chi connectivity index (χ2v) is 9.68. The molecule has 0 radical (unpaired) electrons. The average Bonchev–Trinajstić information content (AvgIpc) is 2.98. The van der Waals surface area contributed by atoms with Gasteiger partial charge < -0.3 is 10.1 Å². The zero-order valence-electron chi connectivity index (χ0n) is 18.3. The van der Waals surface area contributed by atoms with Gasteiger partial charge in [-0.3, -0.25) is 19.4 Å². The lowest BCUT2D eigenvalue weighted by Gasteiger charge is -2.19. The molecule has 2 aromatic rings. The Hall–Kier alpha value is -2.15. The van der Waals surface area contributed by atoms with E-state index < -0.39 is 0 Å². The number of fused-ring (bicyclic) bond motifs is 1. The molecule has 1 saturated carbocycles. The average molecular weight is 444 g/mol. The third-order valence-corrected chi connectivity index (χ3v) is 7.52. The van der Waals surface area contributed by atoms with E-state index in [0.717, 1.165) is 50.0 Å². The zero-order chi connectivity index (χ0) is 21.6. The molecule has 0 spiro atoms. The minimum Gasteiger partial charge on any atom is -0.494 e. The fourth-order valence-corrected chi connectivity index (χ4v) is 5.70. The Kier molecular flexibility index (Phi) is 7.43. The molecule has 1 aliphatic heterocycles. The number of carbonyl (C=O) groups is 1. The number of unbranched alkanes of at least 4 members (excludes halogenated alkanes) is 2. The van der Waals surface area contributed by atoms with Crippen LogP contribution in [0, 0.1) is 0 Å². The van der Waals surface area contributed by atoms with E-state index >= 15 is 0 Å². The summed E-state index contributed by atoms with van der Waals surface area (Å²) in [6, 6.07) is 8.22. The van der Waals surface area contributed by atoms with Crippen LogP contribution >= 0.6 is 11.8 Å². The van der Waals surface area contributed by atoms with E-state index in [2.05, 4.69) is 17.3 Å². The first-order valence-corrected chi connectivity index (χ1v) is 12.7. The molecule has 1 amide bonds. The first-order chi connectivity index (χ1) is 15.2. The minimum atomic E-state index is -0.182. The van der Waals surface area contributed by atoms with Crippen molar-refractivity contribution < 1.29 is 9.53 Å². The maximum absolute atomic E-state index is 13.1. The third-order valence-electron chi connectivity index (χ3n) is 6.25. The Labute approximate surface area is 188 Å². The van der Waals surface area contributed by atoms with Crippen molar-refractivity contribution in [2.75, 3.05) is 17.7 Å². The molecule has 6 nitrogen and oxygen atoms in total. The molecule has 1 aliphatic carbocycles. The summed E-state index contributed by atoms with van der Waals surface area (Å²) >= 11 is 1.51. The van der Waals surface area contributed by atoms with E-state index in [1.165, 1.54) is 37.4 Å². The summed E-state index contributed by atoms with van der Waals surface area (Å²) in [6.07, 6.45) is 10.3. The van der Waals surface area contributed by atoms with E-state index in [1.54, 1.807) is 0 Å². The molecule has 1 unspecified atom stereocenters. The second kappa shape index (κ2) is 10.4. The normalized spacial score (nSPS) is 19.9. The lowest BCUT2D eigenvalue weighted by Crippen LogP contribution is -2.19. The first kappa shape index (κ1) is 22.1. The SMILES string of the molecule is CCCCCOc1ccc(C2SCC(=O)Nc3c2c(=O)[nH]n3C2CCCCCC2)cc1. The number of nitrogens with zero attached hydrogens (tertiary/aromatic N) is 1. The second-order valence-electron chi connectivity index (χ2n) is 8.58. The fourth-order valence-electron chi connectivity index (χ4n) is 4.58. The van der Waals surface area contributed by atoms with Gasteiger partial charge in [-0.15, -0.1) is 11.8 Å². The van der Waals surface area contributed by atoms with Gasteiger partial charge in [-0.1, -0.05) is 57.6 Å². The zero-order valence-corrected chi connectivity index (χ0v) is 19.1. The van der Waals surface area contributed by atoms with Gasteiger partial charge in [0.05, 0.1) is 29.2 Å². The Morgan fingerprint density at radius 1 is 1.06 bits per heavy atom. The van der Waals surface area contributed by atoms with Crippen molar-refractivity contribution in [2.24, 2.45) is 0 Å². The summed E-state index contributed by atoms with van der Waals surface area (Å²) in [7, 11) is 0. The number of ether oxygens (including phenoxy) is 1. The van der Waals surface area contributed by atoms with Gasteiger partial charge in [-0.25, -0.2) is 0 Å². The quantitative estimate of drug-likeness (QED) is 0.443. The minimum absolute atomic E-state index is 0.0500. The molecule has 2 N–H and O–H groups in total. The summed E-state index contributed by atoms with van der Waals surface area (Å²) in [5.74, 6) is 1.79. The molecule has 1 fully saturated rings. The topological polar surface area (TPSA) is 76.1 Å². The first-order valence-electron chi connectivity index (χ1n) is 11.7. The highest BCUT2D eigenvalue weighted by Crippen LogP contribution is 2.41. The number of nitrogens with one attached hydrogen (secondary N) is 2. The maximum atomic E-state index is 13.1. The van der Waals surface area contributed by atoms with Crippen LogP contribution in [0.25, 0.3) is 0 Å². The number of hydrogen-bond acceptors (Lipinski definition) is 4. The van der Waals surface area contributed by atoms with E-state index in [1.807, 2.05) is 28.9 Å². The van der Waals surface area contributed by atoms with Crippen LogP contribution in [0.5, 0.6) is 5.75 Å². The molecule has 1 atom stereocenters. The van der Waals surface area contributed by atoms with Crippen molar-refractivity contribution >= 4 is 23.5 Å². The number of rotatable bonds is 7. The summed E-state index contributed by atoms with van der Waals surface area (Å²) in [5, 5.41) is 5.91. The molecule has 168 valence electrons. The molecule has 0 bridgehead atoms. The van der Waals surface area contributed by atoms with E-state index in [4.69, 9.17) is 4.74 Å². The highest BCUT2D eigenvalue weighted by molar-refractivity contribution is 8.00. The number of aromatic nitrogens is 2. The highest BCUT2D eigenvalue weighted by atomic mass is 32.2. The molecule has 7 heteroatoms. The van der Waals surface area contributed by atoms with Gasteiger partial charge in [-0.05, 0) is 37.0 Å². The number of anilines is 1. The van der Waals surface area contributed by atoms with Crippen LogP contribution in [-0.4, -0.2) is 28.0 Å². The Balaban J connectivity index is 1.60. The van der Waals surface area contributed by atoms with E-state index in [-0.39, 0.29) is 22.8 Å². The molecule has 31 heavy (non-hydrogen) atoms. The number of benzene rings is 1. The number of H-pyrrole nitrogens is 1. The van der Waals surface area contributed by atoms with Gasteiger partial charge in [0.15, 0.2) is 0 Å². The van der Waals surface area contributed by atoms with Crippen molar-refractivity contribution in [1.82, 2.24) is 9.78 Å². The summed E-state index contributed by atoms with van der Waals surface area (Å²) in [6.45, 7) is 2.90. The molecule has 4 rings (SSSR count). The van der Waals surface area contributed by atoms with Crippen molar-refractivity contribution in [3.05, 3.63) is 45.7 Å². The molecule has 1 aromatic carbocycles. The standard InChI is InChI=1S/C24H33N3O3S/c1-2-3-8-15-30-19-13-11-17(12-14-19)22-21-23(25-20(28)16-31-22)27(26-24(21)29)18-9-6-4-5-7-10-18/h11-14,18,22H,2-10,15-16H2,1H3,(H,25,28)(H,26,29). The maximum Gasteiger partial charge on any atom is 0.270 e. The van der Waals surface area contributed by atoms with Gasteiger partial charge >= 0.3 is 0 Å². The lowest BCUT2D eigenvalue weighted by atomic mass is 10.1. The van der Waals surface area contributed by atoms with Crippen molar-refractivity contribution in [3.63, 3.8) is 0 Å². The highest BCUT2D eigenvalue weighted by Gasteiger charge is 2.32. The number of aromatic amines is 1. The van der Waals surface area contributed by atoms with Crippen LogP contribution in [0.15, 0.2) is 29.1 Å². The number of carbonyl (C=O) groups excluding carboxylic acids is 1. The van der Waals surface area contributed by atoms with Crippen molar-refractivity contribution in [2.45, 2.75) is 76.0 Å². The van der Waals surface area contributed by atoms with Gasteiger partial charge in [0, 0.05) is 0 Å². The monoisotopic (exact) mass is 443 g/mol. The largest absolute Gasteiger partial charge is 0.494 e. The van der Waals surface area contributed by atoms with Gasteiger partial charge in [0.2, 0.25) is 5.91 Å². The Morgan fingerprint density at radius 2 is 1.81 bits per heavy atom. The number of amides is 1. The molecule has 1 aromatic heterocycles. The van der Waals surface area contributed by atoms with Crippen LogP contribution in [0.2, 0.25) is 0 Å². The summed E-state index contributed by atoms with van der Waals surface area (Å²) < 4.78 is 7.78. The smallest absolute Gasteiger partial charge is 0.270 e. The van der Waals surface area contributed by atoms with E-state index in [9.17, 15) is 9.59 Å². The molecule has 0 saturated heterocycles. The fraction of sp³-hybridized carbons (Fsp3) is 0.583. The van der Waals surface area contributed by atoms with Gasteiger partial charge in [0.25, 0.3) is 5.56 Å². The Morgan fingerprint density at radius 3 is 2.52 bits per heavy atom. The van der Waals surface area contributed by atoms with Crippen LogP contribution in [-0.2, 0) is 4.79 Å². The number of hydrogen-bond donors (Lipinski definition) is 2. The van der Waals surface area contributed by atoms with Gasteiger partial charge in [-0.2, -0.15) is 0 Å². The van der Waals surface area contributed by atoms with Crippen LogP contribution in [0.3, 0.4) is 0 Å². The van der Waals surface area contributed by atoms with Crippen LogP contribution in [0.4, 0.5) is 5.82 Å². The van der Waals surface area contributed by atoms with E-state index in [0.29, 0.717) is 17.1 Å². The number of thioether (sulfide) groups is 1. The Bertz CT molecular complexity index is 927. The predicted molar refractivity (Wildman–Crippen MR) is 126 cm³/mol. The molecule has 2 heterocycles.